The van der Waals surface area contributed by atoms with Crippen molar-refractivity contribution in [3.8, 4) is 0 Å². The van der Waals surface area contributed by atoms with Crippen LogP contribution in [0.5, 0.6) is 0 Å². The van der Waals surface area contributed by atoms with Crippen molar-refractivity contribution in [2.75, 3.05) is 5.32 Å². The van der Waals surface area contributed by atoms with Crippen molar-refractivity contribution >= 4 is 28.9 Å². The average molecular weight is 512 g/mol. The number of anilines is 1. The van der Waals surface area contributed by atoms with Crippen LogP contribution in [0.1, 0.15) is 0 Å². The standard InChI is InChI=1S/C12H7Cl2N7O12/c13-7-8(14)10(17(24)25,15-6-4-2-1-3-5-6)12(20(30)31,21(32)33)11(18(26)27,19(28)29)9(7)16(22)23/h1-5,9,15H. The average Bonchev–Trinajstić information content (AvgIpc) is 2.70. The number of nitro groups is 6. The third-order valence-electron chi connectivity index (χ3n) is 4.84. The summed E-state index contributed by atoms with van der Waals surface area (Å²) in [6.07, 6.45) is 0. The van der Waals surface area contributed by atoms with Crippen LogP contribution in [0.25, 0.3) is 0 Å². The Bertz CT molecular complexity index is 1100. The molecule has 0 amide bonds. The van der Waals surface area contributed by atoms with Gasteiger partial charge >= 0.3 is 23.0 Å². The molecule has 0 heterocycles. The fourth-order valence-corrected chi connectivity index (χ4v) is 4.28. The summed E-state index contributed by atoms with van der Waals surface area (Å²) in [6.45, 7) is 0. The van der Waals surface area contributed by atoms with E-state index in [9.17, 15) is 60.7 Å². The first kappa shape index (κ1) is 25.0. The summed E-state index contributed by atoms with van der Waals surface area (Å²) >= 11 is 11.4. The number of halogens is 2. The number of hydrogen-bond donors (Lipinski definition) is 1. The molecule has 1 aromatic rings. The summed E-state index contributed by atoms with van der Waals surface area (Å²) in [5, 5.41) is 70.1. The maximum absolute atomic E-state index is 12.2. The van der Waals surface area contributed by atoms with Crippen LogP contribution in [0, 0.1) is 60.7 Å². The lowest BCUT2D eigenvalue weighted by Gasteiger charge is -2.36. The molecule has 0 saturated heterocycles. The van der Waals surface area contributed by atoms with Gasteiger partial charge in [0.1, 0.15) is 24.7 Å². The van der Waals surface area contributed by atoms with Gasteiger partial charge < -0.3 is 5.32 Å². The molecule has 0 spiro atoms. The molecule has 1 aromatic carbocycles. The molecule has 1 aliphatic rings. The van der Waals surface area contributed by atoms with E-state index in [2.05, 4.69) is 0 Å². The molecule has 2 rings (SSSR count). The van der Waals surface area contributed by atoms with E-state index in [1.165, 1.54) is 6.07 Å². The molecule has 0 aliphatic heterocycles. The molecule has 2 unspecified atom stereocenters. The smallest absolute Gasteiger partial charge is 0.303 e. The first-order valence-electron chi connectivity index (χ1n) is 7.93. The molecule has 1 aliphatic carbocycles. The molecule has 33 heavy (non-hydrogen) atoms. The van der Waals surface area contributed by atoms with Gasteiger partial charge in [-0.3, -0.25) is 60.7 Å². The zero-order valence-corrected chi connectivity index (χ0v) is 16.8. The van der Waals surface area contributed by atoms with Crippen LogP contribution in [-0.2, 0) is 0 Å². The predicted octanol–water partition coefficient (Wildman–Crippen LogP) is 0.919. The van der Waals surface area contributed by atoms with Gasteiger partial charge in [-0.15, -0.1) is 0 Å². The van der Waals surface area contributed by atoms with Crippen molar-refractivity contribution in [1.29, 1.82) is 0 Å². The number of para-hydroxylation sites is 1. The van der Waals surface area contributed by atoms with E-state index < -0.39 is 68.3 Å². The second-order valence-corrected chi connectivity index (χ2v) is 7.02. The number of rotatable bonds is 8. The first-order chi connectivity index (χ1) is 15.2. The van der Waals surface area contributed by atoms with Crippen LogP contribution in [0.15, 0.2) is 40.4 Å². The fraction of sp³-hybridized carbons (Fsp3) is 0.333. The van der Waals surface area contributed by atoms with E-state index in [-0.39, 0.29) is 0 Å². The van der Waals surface area contributed by atoms with E-state index in [1.54, 1.807) is 5.32 Å². The summed E-state index contributed by atoms with van der Waals surface area (Å²) in [7, 11) is 0. The highest BCUT2D eigenvalue weighted by atomic mass is 35.5. The molecule has 0 saturated carbocycles. The number of benzene rings is 1. The molecule has 0 aromatic heterocycles. The quantitative estimate of drug-likeness (QED) is 0.288. The molecule has 19 nitrogen and oxygen atoms in total. The largest absolute Gasteiger partial charge is 0.696 e. The molecule has 0 fully saturated rings. The van der Waals surface area contributed by atoms with Crippen molar-refractivity contribution in [1.82, 2.24) is 0 Å². The van der Waals surface area contributed by atoms with Gasteiger partial charge in [0.25, 0.3) is 0 Å². The molecule has 21 heteroatoms. The Morgan fingerprint density at radius 1 is 0.727 bits per heavy atom. The van der Waals surface area contributed by atoms with Crippen LogP contribution in [-0.4, -0.2) is 52.6 Å². The minimum absolute atomic E-state index is 0.565. The zero-order chi connectivity index (χ0) is 25.5. The van der Waals surface area contributed by atoms with Gasteiger partial charge in [0.05, 0.1) is 4.92 Å². The van der Waals surface area contributed by atoms with Gasteiger partial charge in [0.15, 0.2) is 5.03 Å². The second-order valence-electron chi connectivity index (χ2n) is 6.24. The van der Waals surface area contributed by atoms with Crippen molar-refractivity contribution in [3.63, 3.8) is 0 Å². The van der Waals surface area contributed by atoms with E-state index in [4.69, 9.17) is 23.2 Å². The van der Waals surface area contributed by atoms with E-state index >= 15 is 0 Å². The maximum Gasteiger partial charge on any atom is 0.696 e. The number of nitrogens with zero attached hydrogens (tertiary/aromatic N) is 6. The monoisotopic (exact) mass is 511 g/mol. The molecular weight excluding hydrogens is 505 g/mol. The van der Waals surface area contributed by atoms with E-state index in [0.717, 1.165) is 24.3 Å². The van der Waals surface area contributed by atoms with E-state index in [1.807, 2.05) is 0 Å². The van der Waals surface area contributed by atoms with Gasteiger partial charge in [0, 0.05) is 10.6 Å². The van der Waals surface area contributed by atoms with Crippen molar-refractivity contribution in [2.45, 2.75) is 23.0 Å². The summed E-state index contributed by atoms with van der Waals surface area (Å²) < 4.78 is 0. The fourth-order valence-electron chi connectivity index (χ4n) is 3.57. The number of hydrogen-bond acceptors (Lipinski definition) is 13. The number of nitrogens with one attached hydrogen (secondary N) is 1. The summed E-state index contributed by atoms with van der Waals surface area (Å²) in [6, 6.07) is 1.85. The summed E-state index contributed by atoms with van der Waals surface area (Å²) in [5.41, 5.74) is -15.3. The normalized spacial score (nSPS) is 23.3. The molecule has 176 valence electrons. The third kappa shape index (κ3) is 2.82. The summed E-state index contributed by atoms with van der Waals surface area (Å²) in [5.74, 6) is 0. The van der Waals surface area contributed by atoms with Crippen LogP contribution in [0.4, 0.5) is 5.69 Å². The highest BCUT2D eigenvalue weighted by Crippen LogP contribution is 2.55. The van der Waals surface area contributed by atoms with Gasteiger partial charge in [-0.2, -0.15) is 0 Å². The van der Waals surface area contributed by atoms with Crippen molar-refractivity contribution in [3.05, 3.63) is 101 Å². The Morgan fingerprint density at radius 2 is 1.18 bits per heavy atom. The maximum atomic E-state index is 12.2. The third-order valence-corrected chi connectivity index (χ3v) is 5.80. The highest BCUT2D eigenvalue weighted by Gasteiger charge is 3.12. The van der Waals surface area contributed by atoms with Crippen LogP contribution in [0.3, 0.4) is 0 Å². The van der Waals surface area contributed by atoms with Crippen LogP contribution < -0.4 is 5.32 Å². The molecule has 0 bridgehead atoms. The van der Waals surface area contributed by atoms with Gasteiger partial charge in [0.2, 0.25) is 0 Å². The molecule has 0 radical (unpaired) electrons. The first-order valence-corrected chi connectivity index (χ1v) is 8.69. The molecular formula is C12H7Cl2N7O12. The Hall–Kier alpha value is -4.26. The predicted molar refractivity (Wildman–Crippen MR) is 103 cm³/mol. The lowest BCUT2D eigenvalue weighted by Crippen LogP contribution is -2.89. The Kier molecular flexibility index (Phi) is 6.07. The highest BCUT2D eigenvalue weighted by molar-refractivity contribution is 6.40. The summed E-state index contributed by atoms with van der Waals surface area (Å²) in [4.78, 5) is 58.8. The second kappa shape index (κ2) is 8.02. The lowest BCUT2D eigenvalue weighted by molar-refractivity contribution is -0.975. The zero-order valence-electron chi connectivity index (χ0n) is 15.3. The Morgan fingerprint density at radius 3 is 1.52 bits per heavy atom. The van der Waals surface area contributed by atoms with Crippen molar-refractivity contribution in [2.24, 2.45) is 0 Å². The molecule has 1 N–H and O–H groups in total. The van der Waals surface area contributed by atoms with Crippen LogP contribution in [0.2, 0.25) is 0 Å². The van der Waals surface area contributed by atoms with Gasteiger partial charge in [-0.25, -0.2) is 0 Å². The SMILES string of the molecule is O=[N+]([O-])C1C(Cl)=C(Cl)C(Nc2ccccc2)([N+](=O)[O-])C([N+](=O)[O-])([N+](=O)[O-])C1([N+](=O)[O-])[N+](=O)[O-]. The van der Waals surface area contributed by atoms with Crippen LogP contribution >= 0.6 is 23.2 Å². The van der Waals surface area contributed by atoms with E-state index in [0.29, 0.717) is 0 Å². The lowest BCUT2D eigenvalue weighted by atomic mass is 9.72. The van der Waals surface area contributed by atoms with Crippen molar-refractivity contribution < 1.29 is 29.5 Å². The van der Waals surface area contributed by atoms with Gasteiger partial charge in [-0.05, 0) is 12.1 Å². The Balaban J connectivity index is 3.37. The minimum Gasteiger partial charge on any atom is -0.303 e. The van der Waals surface area contributed by atoms with Gasteiger partial charge in [-0.1, -0.05) is 41.4 Å². The minimum atomic E-state index is -5.25. The molecule has 2 atom stereocenters. The Labute approximate surface area is 188 Å². The topological polar surface area (TPSA) is 271 Å².